The van der Waals surface area contributed by atoms with Gasteiger partial charge in [0.1, 0.15) is 0 Å². The third kappa shape index (κ3) is 1.62. The maximum Gasteiger partial charge on any atom is 0.0645 e. The van der Waals surface area contributed by atoms with Gasteiger partial charge >= 0.3 is 0 Å². The van der Waals surface area contributed by atoms with Crippen LogP contribution < -0.4 is 0 Å². The Bertz CT molecular complexity index is 910. The van der Waals surface area contributed by atoms with E-state index in [-0.39, 0.29) is 0 Å². The number of para-hydroxylation sites is 1. The van der Waals surface area contributed by atoms with Gasteiger partial charge in [-0.25, -0.2) is 0 Å². The normalized spacial score (nSPS) is 11.2. The number of halogens is 1. The Hall–Kier alpha value is -2.32. The largest absolute Gasteiger partial charge is 0.308 e. The first kappa shape index (κ1) is 11.5. The van der Waals surface area contributed by atoms with Crippen molar-refractivity contribution in [3.8, 4) is 5.69 Å². The summed E-state index contributed by atoms with van der Waals surface area (Å²) in [7, 11) is 0. The topological polar surface area (TPSA) is 17.8 Å². The molecule has 2 nitrogen and oxygen atoms in total. The summed E-state index contributed by atoms with van der Waals surface area (Å²) in [5, 5.41) is 3.17. The fourth-order valence-corrected chi connectivity index (χ4v) is 2.87. The fraction of sp³-hybridized carbons (Fsp3) is 0. The van der Waals surface area contributed by atoms with Crippen molar-refractivity contribution in [3.63, 3.8) is 0 Å². The van der Waals surface area contributed by atoms with E-state index in [2.05, 4.69) is 45.9 Å². The van der Waals surface area contributed by atoms with Crippen molar-refractivity contribution in [1.29, 1.82) is 0 Å². The van der Waals surface area contributed by atoms with Crippen LogP contribution in [0.2, 0.25) is 5.02 Å². The van der Waals surface area contributed by atoms with Gasteiger partial charge in [-0.2, -0.15) is 0 Å². The van der Waals surface area contributed by atoms with Crippen LogP contribution in [-0.4, -0.2) is 9.55 Å². The monoisotopic (exact) mass is 278 g/mol. The summed E-state index contributed by atoms with van der Waals surface area (Å²) in [6, 6.07) is 18.4. The van der Waals surface area contributed by atoms with Gasteiger partial charge in [0, 0.05) is 22.0 Å². The molecule has 0 aliphatic rings. The molecule has 0 bridgehead atoms. The Labute approximate surface area is 121 Å². The number of fused-ring (bicyclic) bond motifs is 3. The molecule has 0 radical (unpaired) electrons. The van der Waals surface area contributed by atoms with Gasteiger partial charge in [-0.3, -0.25) is 4.98 Å². The zero-order chi connectivity index (χ0) is 13.5. The highest BCUT2D eigenvalue weighted by atomic mass is 35.5. The van der Waals surface area contributed by atoms with E-state index in [1.165, 1.54) is 10.8 Å². The van der Waals surface area contributed by atoms with Crippen LogP contribution in [0.3, 0.4) is 0 Å². The van der Waals surface area contributed by atoms with Crippen LogP contribution >= 0.6 is 11.6 Å². The van der Waals surface area contributed by atoms with Gasteiger partial charge in [-0.1, -0.05) is 35.9 Å². The number of benzene rings is 2. The molecule has 2 aromatic carbocycles. The van der Waals surface area contributed by atoms with Crippen LogP contribution in [0.25, 0.3) is 27.5 Å². The molecule has 4 aromatic rings. The van der Waals surface area contributed by atoms with Crippen molar-refractivity contribution in [2.24, 2.45) is 0 Å². The molecule has 3 heteroatoms. The van der Waals surface area contributed by atoms with Crippen LogP contribution in [0, 0.1) is 0 Å². The number of rotatable bonds is 1. The van der Waals surface area contributed by atoms with Crippen molar-refractivity contribution < 1.29 is 0 Å². The van der Waals surface area contributed by atoms with Gasteiger partial charge in [-0.15, -0.1) is 0 Å². The third-order valence-corrected chi connectivity index (χ3v) is 3.78. The van der Waals surface area contributed by atoms with Gasteiger partial charge in [0.05, 0.1) is 22.9 Å². The molecular formula is C17H11ClN2. The highest BCUT2D eigenvalue weighted by Gasteiger charge is 2.11. The lowest BCUT2D eigenvalue weighted by atomic mass is 10.2. The van der Waals surface area contributed by atoms with Gasteiger partial charge in [0.15, 0.2) is 0 Å². The Morgan fingerprint density at radius 1 is 0.850 bits per heavy atom. The van der Waals surface area contributed by atoms with Crippen LogP contribution in [0.15, 0.2) is 67.0 Å². The first-order chi connectivity index (χ1) is 9.84. The molecule has 0 saturated heterocycles. The van der Waals surface area contributed by atoms with E-state index < -0.39 is 0 Å². The molecule has 4 rings (SSSR count). The molecule has 0 aliphatic heterocycles. The van der Waals surface area contributed by atoms with Crippen LogP contribution in [0.4, 0.5) is 0 Å². The molecule has 0 saturated carbocycles. The van der Waals surface area contributed by atoms with Crippen molar-refractivity contribution in [1.82, 2.24) is 9.55 Å². The second-order valence-electron chi connectivity index (χ2n) is 4.73. The second-order valence-corrected chi connectivity index (χ2v) is 5.16. The van der Waals surface area contributed by atoms with E-state index >= 15 is 0 Å². The maximum atomic E-state index is 6.18. The molecule has 0 atom stereocenters. The zero-order valence-electron chi connectivity index (χ0n) is 10.6. The summed E-state index contributed by atoms with van der Waals surface area (Å²) < 4.78 is 2.20. The summed E-state index contributed by atoms with van der Waals surface area (Å²) in [5.41, 5.74) is 3.31. The third-order valence-electron chi connectivity index (χ3n) is 3.54. The molecule has 0 amide bonds. The Morgan fingerprint density at radius 3 is 2.55 bits per heavy atom. The Morgan fingerprint density at radius 2 is 1.70 bits per heavy atom. The molecule has 20 heavy (non-hydrogen) atoms. The summed E-state index contributed by atoms with van der Waals surface area (Å²) in [5.74, 6) is 0. The molecule has 96 valence electrons. The van der Waals surface area contributed by atoms with E-state index in [1.54, 1.807) is 6.20 Å². The lowest BCUT2D eigenvalue weighted by Gasteiger charge is -2.06. The molecule has 0 unspecified atom stereocenters. The van der Waals surface area contributed by atoms with E-state index in [0.717, 1.165) is 21.7 Å². The first-order valence-electron chi connectivity index (χ1n) is 6.44. The molecule has 2 aromatic heterocycles. The smallest absolute Gasteiger partial charge is 0.0645 e. The Balaban J connectivity index is 2.23. The highest BCUT2D eigenvalue weighted by Crippen LogP contribution is 2.32. The molecule has 0 N–H and O–H groups in total. The van der Waals surface area contributed by atoms with Crippen LogP contribution in [0.1, 0.15) is 0 Å². The first-order valence-corrected chi connectivity index (χ1v) is 6.81. The predicted octanol–water partition coefficient (Wildman–Crippen LogP) is 4.83. The van der Waals surface area contributed by atoms with Gasteiger partial charge < -0.3 is 4.57 Å². The Kier molecular flexibility index (Phi) is 2.51. The number of hydrogen-bond donors (Lipinski definition) is 0. The van der Waals surface area contributed by atoms with E-state index in [1.807, 2.05) is 24.4 Å². The number of hydrogen-bond acceptors (Lipinski definition) is 1. The van der Waals surface area contributed by atoms with Crippen LogP contribution in [0.5, 0.6) is 0 Å². The number of aromatic nitrogens is 2. The van der Waals surface area contributed by atoms with Crippen molar-refractivity contribution in [3.05, 3.63) is 72.0 Å². The summed E-state index contributed by atoms with van der Waals surface area (Å²) in [6.07, 6.45) is 3.65. The average molecular weight is 279 g/mol. The van der Waals surface area contributed by atoms with E-state index in [4.69, 9.17) is 11.6 Å². The summed E-state index contributed by atoms with van der Waals surface area (Å²) in [6.45, 7) is 0. The molecule has 0 fully saturated rings. The minimum atomic E-state index is 0.741. The minimum Gasteiger partial charge on any atom is -0.308 e. The summed E-state index contributed by atoms with van der Waals surface area (Å²) >= 11 is 6.18. The number of nitrogens with zero attached hydrogens (tertiary/aromatic N) is 2. The molecule has 0 aliphatic carbocycles. The van der Waals surface area contributed by atoms with E-state index in [9.17, 15) is 0 Å². The lowest BCUT2D eigenvalue weighted by molar-refractivity contribution is 1.14. The zero-order valence-corrected chi connectivity index (χ0v) is 11.4. The SMILES string of the molecule is Clc1ccc2c3ccccc3n(-c3cccnc3)c2c1. The van der Waals surface area contributed by atoms with Crippen molar-refractivity contribution in [2.45, 2.75) is 0 Å². The van der Waals surface area contributed by atoms with Gasteiger partial charge in [0.2, 0.25) is 0 Å². The molecular weight excluding hydrogens is 268 g/mol. The van der Waals surface area contributed by atoms with Crippen LogP contribution in [-0.2, 0) is 0 Å². The quantitative estimate of drug-likeness (QED) is 0.487. The highest BCUT2D eigenvalue weighted by molar-refractivity contribution is 6.31. The van der Waals surface area contributed by atoms with Gasteiger partial charge in [0.25, 0.3) is 0 Å². The minimum absolute atomic E-state index is 0.741. The molecule has 0 spiro atoms. The lowest BCUT2D eigenvalue weighted by Crippen LogP contribution is -1.93. The second kappa shape index (κ2) is 4.36. The molecule has 2 heterocycles. The summed E-state index contributed by atoms with van der Waals surface area (Å²) in [4.78, 5) is 4.22. The maximum absolute atomic E-state index is 6.18. The van der Waals surface area contributed by atoms with Crippen molar-refractivity contribution >= 4 is 33.4 Å². The standard InChI is InChI=1S/C17H11ClN2/c18-12-7-8-15-14-5-1-2-6-16(14)20(17(15)10-12)13-4-3-9-19-11-13/h1-11H. The van der Waals surface area contributed by atoms with E-state index in [0.29, 0.717) is 0 Å². The predicted molar refractivity (Wildman–Crippen MR) is 83.6 cm³/mol. The van der Waals surface area contributed by atoms with Crippen molar-refractivity contribution in [2.75, 3.05) is 0 Å². The van der Waals surface area contributed by atoms with Gasteiger partial charge in [-0.05, 0) is 30.3 Å². The number of pyridine rings is 1. The fourth-order valence-electron chi connectivity index (χ4n) is 2.71. The average Bonchev–Trinajstić information content (AvgIpc) is 2.81.